The van der Waals surface area contributed by atoms with Crippen molar-refractivity contribution in [1.82, 2.24) is 4.98 Å². The molecule has 0 bridgehead atoms. The van der Waals surface area contributed by atoms with Crippen molar-refractivity contribution in [2.75, 3.05) is 12.4 Å². The summed E-state index contributed by atoms with van der Waals surface area (Å²) in [7, 11) is 1.94. The Balaban J connectivity index is 0. The summed E-state index contributed by atoms with van der Waals surface area (Å²) in [6, 6.07) is 4.36. The zero-order valence-electron chi connectivity index (χ0n) is 10.6. The van der Waals surface area contributed by atoms with Gasteiger partial charge in [-0.1, -0.05) is 32.8 Å². The number of hydrogen-bond acceptors (Lipinski definition) is 2. The summed E-state index contributed by atoms with van der Waals surface area (Å²) in [6.45, 7) is 4.39. The molecule has 90 valence electrons. The number of aromatic nitrogens is 1. The van der Waals surface area contributed by atoms with Crippen LogP contribution >= 0.6 is 0 Å². The Kier molecular flexibility index (Phi) is 9.08. The van der Waals surface area contributed by atoms with Crippen molar-refractivity contribution in [2.24, 2.45) is 0 Å². The molecule has 0 spiro atoms. The Labute approximate surface area is 124 Å². The maximum absolute atomic E-state index is 4.62. The number of nitrogens with zero attached hydrogens (tertiary/aromatic N) is 1. The van der Waals surface area contributed by atoms with Gasteiger partial charge in [0.25, 0.3) is 0 Å². The van der Waals surface area contributed by atoms with Crippen molar-refractivity contribution in [3.05, 3.63) is 23.4 Å². The van der Waals surface area contributed by atoms with Gasteiger partial charge in [0.2, 0.25) is 0 Å². The first kappa shape index (κ1) is 16.0. The van der Waals surface area contributed by atoms with Gasteiger partial charge in [-0.2, -0.15) is 0 Å². The molecular weight excluding hydrogens is 422 g/mol. The average Bonchev–Trinajstić information content (AvgIpc) is 2.29. The summed E-state index contributed by atoms with van der Waals surface area (Å²) in [5, 5.41) is 3.17. The van der Waals surface area contributed by atoms with E-state index < -0.39 is 0 Å². The van der Waals surface area contributed by atoms with Crippen molar-refractivity contribution in [3.63, 3.8) is 0 Å². The van der Waals surface area contributed by atoms with Crippen LogP contribution < -0.4 is 5.32 Å². The minimum atomic E-state index is 0. The van der Waals surface area contributed by atoms with E-state index in [0.29, 0.717) is 0 Å². The molecule has 1 heterocycles. The van der Waals surface area contributed by atoms with E-state index >= 15 is 0 Å². The van der Waals surface area contributed by atoms with Crippen molar-refractivity contribution in [3.8, 4) is 0 Å². The number of unbranched alkanes of at least 4 members (excludes halogenated alkanes) is 2. The monoisotopic (exact) mass is 446 g/mol. The predicted octanol–water partition coefficient (Wildman–Crippen LogP) is 3.66. The molecule has 1 aromatic heterocycles. The van der Waals surface area contributed by atoms with Gasteiger partial charge >= 0.3 is 0 Å². The zero-order valence-corrected chi connectivity index (χ0v) is 14.8. The second-order valence-corrected chi connectivity index (χ2v) is 3.87. The normalized spacial score (nSPS) is 9.69. The van der Waals surface area contributed by atoms with E-state index in [1.165, 1.54) is 30.5 Å². The second kappa shape index (κ2) is 9.08. The third kappa shape index (κ3) is 4.89. The molecule has 2 nitrogen and oxygen atoms in total. The molecular formula is C13H24N2U. The minimum Gasteiger partial charge on any atom is -0.373 e. The molecule has 1 rings (SSSR count). The van der Waals surface area contributed by atoms with Gasteiger partial charge in [-0.05, 0) is 30.9 Å². The van der Waals surface area contributed by atoms with Gasteiger partial charge in [-0.3, -0.25) is 0 Å². The van der Waals surface area contributed by atoms with Crippen LogP contribution in [0.5, 0.6) is 0 Å². The first-order valence-electron chi connectivity index (χ1n) is 5.98. The molecule has 0 aliphatic heterocycles. The number of nitrogens with one attached hydrogen (secondary N) is 1. The zero-order chi connectivity index (χ0) is 11.1. The number of pyridine rings is 1. The van der Waals surface area contributed by atoms with Crippen LogP contribution in [-0.4, -0.2) is 12.0 Å². The molecule has 16 heavy (non-hydrogen) atoms. The molecule has 1 aromatic rings. The largest absolute Gasteiger partial charge is 0.373 e. The summed E-state index contributed by atoms with van der Waals surface area (Å²) < 4.78 is 0. The summed E-state index contributed by atoms with van der Waals surface area (Å²) in [6.07, 6.45) is 5.96. The summed E-state index contributed by atoms with van der Waals surface area (Å²) in [5.41, 5.74) is 2.52. The minimum absolute atomic E-state index is 0. The SMILES string of the molecule is CCCCCc1ccc(CC)c(NC)n1.[HH].[U]. The summed E-state index contributed by atoms with van der Waals surface area (Å²) in [5.74, 6) is 1.05. The van der Waals surface area contributed by atoms with Crippen LogP contribution in [0.3, 0.4) is 0 Å². The number of aryl methyl sites for hydroxylation is 2. The molecule has 0 aromatic carbocycles. The van der Waals surface area contributed by atoms with Gasteiger partial charge in [0.15, 0.2) is 0 Å². The Hall–Kier alpha value is 0.00195. The van der Waals surface area contributed by atoms with Crippen molar-refractivity contribution < 1.29 is 32.5 Å². The smallest absolute Gasteiger partial charge is 0.129 e. The topological polar surface area (TPSA) is 24.9 Å². The Morgan fingerprint density at radius 1 is 1.25 bits per heavy atom. The quantitative estimate of drug-likeness (QED) is 0.675. The fraction of sp³-hybridized carbons (Fsp3) is 0.615. The molecule has 0 unspecified atom stereocenters. The first-order valence-corrected chi connectivity index (χ1v) is 5.98. The molecule has 0 saturated heterocycles. The van der Waals surface area contributed by atoms with E-state index in [0.717, 1.165) is 18.7 Å². The molecule has 0 saturated carbocycles. The van der Waals surface area contributed by atoms with Crippen LogP contribution in [0.25, 0.3) is 0 Å². The molecule has 0 fully saturated rings. The molecule has 0 atom stereocenters. The van der Waals surface area contributed by atoms with Gasteiger partial charge in [-0.15, -0.1) is 0 Å². The maximum Gasteiger partial charge on any atom is 0.129 e. The molecule has 0 radical (unpaired) electrons. The number of anilines is 1. The van der Waals surface area contributed by atoms with Crippen LogP contribution in [0.15, 0.2) is 12.1 Å². The van der Waals surface area contributed by atoms with E-state index in [2.05, 4.69) is 36.3 Å². The van der Waals surface area contributed by atoms with Crippen LogP contribution in [0.1, 0.15) is 45.8 Å². The Morgan fingerprint density at radius 2 is 2.00 bits per heavy atom. The van der Waals surface area contributed by atoms with Crippen LogP contribution in [0.2, 0.25) is 0 Å². The van der Waals surface area contributed by atoms with Crippen molar-refractivity contribution in [1.29, 1.82) is 0 Å². The summed E-state index contributed by atoms with van der Waals surface area (Å²) >= 11 is 0. The maximum atomic E-state index is 4.62. The predicted molar refractivity (Wildman–Crippen MR) is 68.5 cm³/mol. The van der Waals surface area contributed by atoms with Gasteiger partial charge in [0.05, 0.1) is 0 Å². The molecule has 0 aliphatic carbocycles. The molecule has 1 N–H and O–H groups in total. The number of rotatable bonds is 6. The van der Waals surface area contributed by atoms with Crippen LogP contribution in [0.4, 0.5) is 5.82 Å². The van der Waals surface area contributed by atoms with E-state index in [1.54, 1.807) is 0 Å². The van der Waals surface area contributed by atoms with Crippen LogP contribution in [0, 0.1) is 31.1 Å². The van der Waals surface area contributed by atoms with E-state index in [4.69, 9.17) is 0 Å². The van der Waals surface area contributed by atoms with Crippen molar-refractivity contribution >= 4 is 5.82 Å². The van der Waals surface area contributed by atoms with Gasteiger partial charge < -0.3 is 5.32 Å². The van der Waals surface area contributed by atoms with Gasteiger partial charge in [0.1, 0.15) is 5.82 Å². The Bertz CT molecular complexity index is 305. The fourth-order valence-corrected chi connectivity index (χ4v) is 1.73. The van der Waals surface area contributed by atoms with Crippen molar-refractivity contribution in [2.45, 2.75) is 46.0 Å². The van der Waals surface area contributed by atoms with Gasteiger partial charge in [-0.25, -0.2) is 4.98 Å². The second-order valence-electron chi connectivity index (χ2n) is 3.87. The third-order valence-corrected chi connectivity index (χ3v) is 2.69. The average molecular weight is 446 g/mol. The summed E-state index contributed by atoms with van der Waals surface area (Å²) in [4.78, 5) is 4.62. The third-order valence-electron chi connectivity index (χ3n) is 2.69. The van der Waals surface area contributed by atoms with Crippen LogP contribution in [-0.2, 0) is 12.8 Å². The Morgan fingerprint density at radius 3 is 2.56 bits per heavy atom. The van der Waals surface area contributed by atoms with E-state index in [1.807, 2.05) is 7.05 Å². The molecule has 3 heteroatoms. The number of hydrogen-bond donors (Lipinski definition) is 1. The molecule has 0 aliphatic rings. The standard InChI is InChI=1S/C13H22N2.U.H2/c1-4-6-7-8-12-10-9-11(5-2)13(14-3)15-12;;/h9-10H,4-8H2,1-3H3,(H,14,15);;1H. The van der Waals surface area contributed by atoms with E-state index in [9.17, 15) is 0 Å². The van der Waals surface area contributed by atoms with E-state index in [-0.39, 0.29) is 32.5 Å². The fourth-order valence-electron chi connectivity index (χ4n) is 1.73. The first-order chi connectivity index (χ1) is 7.31. The van der Waals surface area contributed by atoms with Gasteiger partial charge in [0, 0.05) is 45.3 Å². The molecule has 0 amide bonds.